The van der Waals surface area contributed by atoms with E-state index in [1.165, 1.54) is 0 Å². The first-order chi connectivity index (χ1) is 8.24. The topological polar surface area (TPSA) is 58.7 Å². The lowest BCUT2D eigenvalue weighted by Crippen LogP contribution is -2.10. The van der Waals surface area contributed by atoms with Crippen molar-refractivity contribution in [3.8, 4) is 6.07 Å². The zero-order chi connectivity index (χ0) is 12.3. The van der Waals surface area contributed by atoms with Crippen molar-refractivity contribution < 1.29 is 4.79 Å². The van der Waals surface area contributed by atoms with Crippen molar-refractivity contribution in [3.05, 3.63) is 53.6 Å². The molecule has 4 nitrogen and oxygen atoms in total. The summed E-state index contributed by atoms with van der Waals surface area (Å²) < 4.78 is 1.67. The molecule has 0 bridgehead atoms. The molecule has 0 amide bonds. The molecular formula is C13H11N3O. The van der Waals surface area contributed by atoms with Crippen LogP contribution in [0.2, 0.25) is 0 Å². The van der Waals surface area contributed by atoms with Crippen LogP contribution in [0.5, 0.6) is 0 Å². The molecule has 0 spiro atoms. The number of carbonyl (C=O) groups is 1. The Balaban J connectivity index is 2.36. The van der Waals surface area contributed by atoms with Crippen molar-refractivity contribution in [2.24, 2.45) is 7.05 Å². The fourth-order valence-electron chi connectivity index (χ4n) is 1.62. The Morgan fingerprint density at radius 2 is 2.12 bits per heavy atom. The van der Waals surface area contributed by atoms with E-state index in [1.54, 1.807) is 29.9 Å². The van der Waals surface area contributed by atoms with Crippen LogP contribution in [0.25, 0.3) is 0 Å². The highest BCUT2D eigenvalue weighted by Crippen LogP contribution is 2.10. The zero-order valence-electron chi connectivity index (χ0n) is 9.42. The number of carbonyl (C=O) groups excluding carboxylic acids is 1. The van der Waals surface area contributed by atoms with Crippen LogP contribution in [0.3, 0.4) is 0 Å². The number of ketones is 1. The molecule has 1 aromatic carbocycles. The van der Waals surface area contributed by atoms with E-state index >= 15 is 0 Å². The van der Waals surface area contributed by atoms with Crippen LogP contribution in [-0.4, -0.2) is 15.3 Å². The van der Waals surface area contributed by atoms with Gasteiger partial charge in [0.2, 0.25) is 5.78 Å². The van der Waals surface area contributed by atoms with Crippen molar-refractivity contribution in [1.29, 1.82) is 5.26 Å². The molecule has 84 valence electrons. The maximum Gasteiger partial charge on any atom is 0.228 e. The summed E-state index contributed by atoms with van der Waals surface area (Å²) in [5.41, 5.74) is 1.34. The lowest BCUT2D eigenvalue weighted by atomic mass is 10.1. The lowest BCUT2D eigenvalue weighted by molar-refractivity contribution is 0.102. The van der Waals surface area contributed by atoms with Crippen LogP contribution in [0.4, 0.5) is 0 Å². The molecule has 0 unspecified atom stereocenters. The largest absolute Gasteiger partial charge is 0.327 e. The molecular weight excluding hydrogens is 214 g/mol. The number of hydrogen-bond acceptors (Lipinski definition) is 3. The second-order valence-corrected chi connectivity index (χ2v) is 3.66. The molecule has 17 heavy (non-hydrogen) atoms. The van der Waals surface area contributed by atoms with Crippen LogP contribution in [-0.2, 0) is 13.5 Å². The fraction of sp³-hybridized carbons (Fsp3) is 0.154. The summed E-state index contributed by atoms with van der Waals surface area (Å²) in [5, 5.41) is 8.63. The Bertz CT molecular complexity index is 578. The quantitative estimate of drug-likeness (QED) is 0.747. The van der Waals surface area contributed by atoms with Gasteiger partial charge in [-0.05, 0) is 0 Å². The van der Waals surface area contributed by atoms with E-state index in [0.29, 0.717) is 11.4 Å². The SMILES string of the molecule is Cn1c(CC#N)cnc1C(=O)c1ccccc1. The van der Waals surface area contributed by atoms with E-state index in [-0.39, 0.29) is 12.2 Å². The molecule has 0 aliphatic heterocycles. The monoisotopic (exact) mass is 225 g/mol. The van der Waals surface area contributed by atoms with E-state index in [9.17, 15) is 4.79 Å². The average molecular weight is 225 g/mol. The van der Waals surface area contributed by atoms with Gasteiger partial charge in [-0.25, -0.2) is 4.98 Å². The molecule has 1 aromatic heterocycles. The van der Waals surface area contributed by atoms with Crippen molar-refractivity contribution in [2.75, 3.05) is 0 Å². The van der Waals surface area contributed by atoms with E-state index in [2.05, 4.69) is 4.98 Å². The molecule has 0 saturated heterocycles. The van der Waals surface area contributed by atoms with Crippen LogP contribution >= 0.6 is 0 Å². The van der Waals surface area contributed by atoms with Gasteiger partial charge in [0, 0.05) is 12.6 Å². The molecule has 4 heteroatoms. The third-order valence-electron chi connectivity index (χ3n) is 2.58. The third kappa shape index (κ3) is 2.08. The van der Waals surface area contributed by atoms with Gasteiger partial charge in [-0.3, -0.25) is 4.79 Å². The smallest absolute Gasteiger partial charge is 0.228 e. The molecule has 2 aromatic rings. The third-order valence-corrected chi connectivity index (χ3v) is 2.58. The van der Waals surface area contributed by atoms with Gasteiger partial charge in [0.05, 0.1) is 24.4 Å². The normalized spacial score (nSPS) is 9.88. The van der Waals surface area contributed by atoms with Gasteiger partial charge in [-0.15, -0.1) is 0 Å². The second-order valence-electron chi connectivity index (χ2n) is 3.66. The highest BCUT2D eigenvalue weighted by Gasteiger charge is 2.15. The van der Waals surface area contributed by atoms with Crippen molar-refractivity contribution >= 4 is 5.78 Å². The predicted octanol–water partition coefficient (Wildman–Crippen LogP) is 1.72. The number of benzene rings is 1. The summed E-state index contributed by atoms with van der Waals surface area (Å²) in [6.45, 7) is 0. The summed E-state index contributed by atoms with van der Waals surface area (Å²) >= 11 is 0. The molecule has 0 aliphatic carbocycles. The minimum atomic E-state index is -0.128. The maximum atomic E-state index is 12.1. The van der Waals surface area contributed by atoms with Gasteiger partial charge in [-0.1, -0.05) is 30.3 Å². The van der Waals surface area contributed by atoms with Gasteiger partial charge in [-0.2, -0.15) is 5.26 Å². The molecule has 0 N–H and O–H groups in total. The Hall–Kier alpha value is -2.41. The summed E-state index contributed by atoms with van der Waals surface area (Å²) in [6, 6.07) is 11.0. The first kappa shape index (κ1) is 11.1. The zero-order valence-corrected chi connectivity index (χ0v) is 9.42. The molecule has 0 radical (unpaired) electrons. The number of imidazole rings is 1. The van der Waals surface area contributed by atoms with Gasteiger partial charge >= 0.3 is 0 Å². The summed E-state index contributed by atoms with van der Waals surface area (Å²) in [6.07, 6.45) is 1.82. The van der Waals surface area contributed by atoms with E-state index in [1.807, 2.05) is 24.3 Å². The number of aromatic nitrogens is 2. The van der Waals surface area contributed by atoms with E-state index in [4.69, 9.17) is 5.26 Å². The second kappa shape index (κ2) is 4.62. The van der Waals surface area contributed by atoms with Crippen molar-refractivity contribution in [3.63, 3.8) is 0 Å². The Labute approximate surface area is 99.1 Å². The van der Waals surface area contributed by atoms with E-state index < -0.39 is 0 Å². The number of nitriles is 1. The summed E-state index contributed by atoms with van der Waals surface area (Å²) in [7, 11) is 1.75. The Morgan fingerprint density at radius 1 is 1.41 bits per heavy atom. The van der Waals surface area contributed by atoms with Crippen LogP contribution in [0, 0.1) is 11.3 Å². The van der Waals surface area contributed by atoms with Gasteiger partial charge in [0.25, 0.3) is 0 Å². The first-order valence-electron chi connectivity index (χ1n) is 5.21. The summed E-state index contributed by atoms with van der Waals surface area (Å²) in [5.74, 6) is 0.235. The Morgan fingerprint density at radius 3 is 2.76 bits per heavy atom. The van der Waals surface area contributed by atoms with Gasteiger partial charge in [0.15, 0.2) is 5.82 Å². The summed E-state index contributed by atoms with van der Waals surface area (Å²) in [4.78, 5) is 16.2. The molecule has 0 fully saturated rings. The van der Waals surface area contributed by atoms with Crippen LogP contribution in [0.15, 0.2) is 36.5 Å². The highest BCUT2D eigenvalue weighted by molar-refractivity contribution is 6.06. The van der Waals surface area contributed by atoms with Crippen LogP contribution in [0.1, 0.15) is 21.9 Å². The fourth-order valence-corrected chi connectivity index (χ4v) is 1.62. The molecule has 0 saturated carbocycles. The van der Waals surface area contributed by atoms with E-state index in [0.717, 1.165) is 5.69 Å². The number of hydrogen-bond donors (Lipinski definition) is 0. The minimum Gasteiger partial charge on any atom is -0.327 e. The molecule has 2 rings (SSSR count). The first-order valence-corrected chi connectivity index (χ1v) is 5.21. The average Bonchev–Trinajstić information content (AvgIpc) is 2.72. The predicted molar refractivity (Wildman–Crippen MR) is 62.4 cm³/mol. The van der Waals surface area contributed by atoms with Crippen molar-refractivity contribution in [1.82, 2.24) is 9.55 Å². The standard InChI is InChI=1S/C13H11N3O/c1-16-11(7-8-14)9-15-13(16)12(17)10-5-3-2-4-6-10/h2-6,9H,7H2,1H3. The maximum absolute atomic E-state index is 12.1. The minimum absolute atomic E-state index is 0.128. The molecule has 1 heterocycles. The highest BCUT2D eigenvalue weighted by atomic mass is 16.1. The van der Waals surface area contributed by atoms with Gasteiger partial charge < -0.3 is 4.57 Å². The van der Waals surface area contributed by atoms with Gasteiger partial charge in [0.1, 0.15) is 0 Å². The molecule has 0 atom stereocenters. The lowest BCUT2D eigenvalue weighted by Gasteiger charge is -2.02. The number of nitrogens with zero attached hydrogens (tertiary/aromatic N) is 3. The molecule has 0 aliphatic rings. The van der Waals surface area contributed by atoms with Crippen LogP contribution < -0.4 is 0 Å². The Kier molecular flexibility index (Phi) is 3.01. The number of rotatable bonds is 3. The van der Waals surface area contributed by atoms with Crippen molar-refractivity contribution in [2.45, 2.75) is 6.42 Å².